The van der Waals surface area contributed by atoms with Crippen LogP contribution in [0.3, 0.4) is 0 Å². The Kier molecular flexibility index (Phi) is 5.82. The molecule has 0 aliphatic rings. The number of hydrogen-bond donors (Lipinski definition) is 0. The van der Waals surface area contributed by atoms with Gasteiger partial charge in [0.05, 0.1) is 0 Å². The first kappa shape index (κ1) is 11.5. The Bertz CT molecular complexity index is 230. The molecule has 2 nitrogen and oxygen atoms in total. The molecule has 0 bridgehead atoms. The largest absolute Gasteiger partial charge is 1.00 e. The second-order valence-electron chi connectivity index (χ2n) is 1.92. The predicted molar refractivity (Wildman–Crippen MR) is 37.7 cm³/mol. The van der Waals surface area contributed by atoms with Crippen LogP contribution in [0, 0.1) is 11.9 Å². The zero-order chi connectivity index (χ0) is 8.10. The minimum atomic E-state index is -0.338. The molecule has 60 valence electrons. The number of halogens is 1. The van der Waals surface area contributed by atoms with Crippen molar-refractivity contribution in [2.24, 2.45) is 0 Å². The maximum absolute atomic E-state index is 12.5. The summed E-state index contributed by atoms with van der Waals surface area (Å²) in [4.78, 5) is 0. The Morgan fingerprint density at radius 3 is 2.92 bits per heavy atom. The molecule has 0 aliphatic heterocycles. The van der Waals surface area contributed by atoms with Crippen LogP contribution in [0.25, 0.3) is 0 Å². The smallest absolute Gasteiger partial charge is 0.493 e. The van der Waals surface area contributed by atoms with Gasteiger partial charge in [-0.15, -0.1) is 12.1 Å². The third-order valence-corrected chi connectivity index (χ3v) is 1.07. The summed E-state index contributed by atoms with van der Waals surface area (Å²) in [5.41, 5.74) is 0. The van der Waals surface area contributed by atoms with Crippen LogP contribution in [0.2, 0.25) is 0 Å². The zero-order valence-electron chi connectivity index (χ0n) is 7.13. The first-order valence-electron chi connectivity index (χ1n) is 3.12. The van der Waals surface area contributed by atoms with Crippen molar-refractivity contribution in [2.75, 3.05) is 13.9 Å². The molecule has 0 unspecified atom stereocenters. The van der Waals surface area contributed by atoms with E-state index in [-0.39, 0.29) is 31.5 Å². The van der Waals surface area contributed by atoms with E-state index in [4.69, 9.17) is 4.74 Å². The van der Waals surface area contributed by atoms with E-state index < -0.39 is 0 Å². The molecule has 4 heteroatoms. The topological polar surface area (TPSA) is 18.5 Å². The van der Waals surface area contributed by atoms with Crippen molar-refractivity contribution in [3.63, 3.8) is 0 Å². The molecule has 0 saturated heterocycles. The van der Waals surface area contributed by atoms with E-state index >= 15 is 0 Å². The fourth-order valence-electron chi connectivity index (χ4n) is 0.624. The van der Waals surface area contributed by atoms with Gasteiger partial charge in [0.1, 0.15) is 0 Å². The van der Waals surface area contributed by atoms with Crippen LogP contribution < -0.4 is 23.6 Å². The van der Waals surface area contributed by atoms with Gasteiger partial charge in [-0.3, -0.25) is 0 Å². The molecule has 12 heavy (non-hydrogen) atoms. The normalized spacial score (nSPS) is 8.83. The second-order valence-corrected chi connectivity index (χ2v) is 1.92. The molecule has 0 fully saturated rings. The maximum atomic E-state index is 12.5. The number of hydrogen-bond acceptors (Lipinski definition) is 2. The van der Waals surface area contributed by atoms with Gasteiger partial charge in [-0.25, -0.2) is 4.39 Å². The van der Waals surface area contributed by atoms with Crippen LogP contribution >= 0.6 is 0 Å². The molecule has 0 aliphatic carbocycles. The third kappa shape index (κ3) is 3.77. The SMILES string of the molecule is COCOc1[c-]ccc(F)c1.[Li+]. The summed E-state index contributed by atoms with van der Waals surface area (Å²) in [7, 11) is 1.50. The monoisotopic (exact) mass is 162 g/mol. The molecule has 1 aromatic carbocycles. The van der Waals surface area contributed by atoms with Crippen molar-refractivity contribution < 1.29 is 32.7 Å². The van der Waals surface area contributed by atoms with Crippen LogP contribution in [0.5, 0.6) is 5.75 Å². The Morgan fingerprint density at radius 2 is 2.33 bits per heavy atom. The first-order chi connectivity index (χ1) is 5.33. The van der Waals surface area contributed by atoms with Gasteiger partial charge in [0.25, 0.3) is 0 Å². The van der Waals surface area contributed by atoms with E-state index in [0.717, 1.165) is 0 Å². The van der Waals surface area contributed by atoms with Crippen LogP contribution in [-0.4, -0.2) is 13.9 Å². The van der Waals surface area contributed by atoms with Gasteiger partial charge in [-0.05, 0) is 0 Å². The minimum Gasteiger partial charge on any atom is -0.493 e. The van der Waals surface area contributed by atoms with Crippen molar-refractivity contribution in [3.05, 3.63) is 30.1 Å². The Labute approximate surface area is 82.9 Å². The quantitative estimate of drug-likeness (QED) is 0.309. The predicted octanol–water partition coefficient (Wildman–Crippen LogP) is -1.39. The van der Waals surface area contributed by atoms with Gasteiger partial charge < -0.3 is 9.47 Å². The number of methoxy groups -OCH3 is 1. The zero-order valence-corrected chi connectivity index (χ0v) is 7.13. The molecule has 0 heterocycles. The summed E-state index contributed by atoms with van der Waals surface area (Å²) in [6, 6.07) is 6.71. The fraction of sp³-hybridized carbons (Fsp3) is 0.250. The summed E-state index contributed by atoms with van der Waals surface area (Å²) in [6.45, 7) is 0.111. The van der Waals surface area contributed by atoms with Crippen molar-refractivity contribution in [1.29, 1.82) is 0 Å². The number of benzene rings is 1. The molecule has 0 amide bonds. The Morgan fingerprint density at radius 1 is 1.58 bits per heavy atom. The van der Waals surface area contributed by atoms with E-state index in [9.17, 15) is 4.39 Å². The molecular weight excluding hydrogens is 154 g/mol. The average Bonchev–Trinajstić information content (AvgIpc) is 2.01. The van der Waals surface area contributed by atoms with Crippen molar-refractivity contribution in [1.82, 2.24) is 0 Å². The van der Waals surface area contributed by atoms with Gasteiger partial charge in [-0.1, -0.05) is 6.07 Å². The van der Waals surface area contributed by atoms with E-state index in [1.165, 1.54) is 25.3 Å². The Balaban J connectivity index is 0.00000121. The van der Waals surface area contributed by atoms with Gasteiger partial charge in [0.2, 0.25) is 0 Å². The minimum absolute atomic E-state index is 0. The molecule has 0 radical (unpaired) electrons. The summed E-state index contributed by atoms with van der Waals surface area (Å²) < 4.78 is 22.0. The molecular formula is C8H8FLiO2. The standard InChI is InChI=1S/C8H8FO2.Li/c1-10-6-11-8-4-2-3-7(9)5-8;/h2-3,5H,6H2,1H3;/q-1;+1. The fourth-order valence-corrected chi connectivity index (χ4v) is 0.624. The number of rotatable bonds is 3. The van der Waals surface area contributed by atoms with E-state index in [2.05, 4.69) is 10.8 Å². The molecule has 0 aromatic heterocycles. The van der Waals surface area contributed by atoms with Crippen LogP contribution in [0.15, 0.2) is 18.2 Å². The van der Waals surface area contributed by atoms with Crippen molar-refractivity contribution in [2.45, 2.75) is 0 Å². The third-order valence-electron chi connectivity index (χ3n) is 1.07. The molecule has 0 spiro atoms. The van der Waals surface area contributed by atoms with Crippen LogP contribution in [-0.2, 0) is 4.74 Å². The molecule has 1 aromatic rings. The van der Waals surface area contributed by atoms with Crippen molar-refractivity contribution >= 4 is 0 Å². The van der Waals surface area contributed by atoms with Crippen molar-refractivity contribution in [3.8, 4) is 5.75 Å². The molecule has 0 N–H and O–H groups in total. The summed E-state index contributed by atoms with van der Waals surface area (Å²) in [5, 5.41) is 0. The summed E-state index contributed by atoms with van der Waals surface area (Å²) in [5.74, 6) is 0.0155. The summed E-state index contributed by atoms with van der Waals surface area (Å²) >= 11 is 0. The van der Waals surface area contributed by atoms with Gasteiger partial charge >= 0.3 is 18.9 Å². The van der Waals surface area contributed by atoms with Crippen LogP contribution in [0.1, 0.15) is 0 Å². The number of ether oxygens (including phenoxy) is 2. The summed E-state index contributed by atoms with van der Waals surface area (Å²) in [6.07, 6.45) is 0. The molecule has 0 saturated carbocycles. The van der Waals surface area contributed by atoms with Crippen LogP contribution in [0.4, 0.5) is 4.39 Å². The molecule has 1 rings (SSSR count). The van der Waals surface area contributed by atoms with Gasteiger partial charge in [0.15, 0.2) is 6.79 Å². The second kappa shape index (κ2) is 6.07. The van der Waals surface area contributed by atoms with Gasteiger partial charge in [0, 0.05) is 18.7 Å². The van der Waals surface area contributed by atoms with E-state index in [0.29, 0.717) is 5.75 Å². The Hall–Kier alpha value is -0.493. The average molecular weight is 162 g/mol. The van der Waals surface area contributed by atoms with E-state index in [1.807, 2.05) is 0 Å². The molecule has 0 atom stereocenters. The maximum Gasteiger partial charge on any atom is 1.00 e. The first-order valence-corrected chi connectivity index (χ1v) is 3.12. The van der Waals surface area contributed by atoms with Gasteiger partial charge in [-0.2, -0.15) is 6.07 Å². The van der Waals surface area contributed by atoms with E-state index in [1.54, 1.807) is 0 Å².